The predicted octanol–water partition coefficient (Wildman–Crippen LogP) is 5.43. The van der Waals surface area contributed by atoms with Crippen molar-refractivity contribution in [2.24, 2.45) is 11.8 Å². The normalized spacial score (nSPS) is 26.2. The number of rotatable bonds is 5. The Kier molecular flexibility index (Phi) is 5.53. The zero-order valence-corrected chi connectivity index (χ0v) is 12.6. The highest BCUT2D eigenvalue weighted by Crippen LogP contribution is 2.40. The van der Waals surface area contributed by atoms with Gasteiger partial charge in [-0.2, -0.15) is 0 Å². The van der Waals surface area contributed by atoms with Gasteiger partial charge in [0.15, 0.2) is 0 Å². The van der Waals surface area contributed by atoms with Crippen molar-refractivity contribution in [3.8, 4) is 0 Å². The van der Waals surface area contributed by atoms with Crippen molar-refractivity contribution in [3.05, 3.63) is 21.3 Å². The molecule has 1 fully saturated rings. The van der Waals surface area contributed by atoms with Crippen LogP contribution in [-0.2, 0) is 0 Å². The third kappa shape index (κ3) is 3.72. The van der Waals surface area contributed by atoms with Crippen LogP contribution in [0.5, 0.6) is 0 Å². The lowest BCUT2D eigenvalue weighted by Crippen LogP contribution is -2.20. The molecule has 1 saturated carbocycles. The number of aliphatic hydroxyl groups is 1. The number of aliphatic hydroxyl groups excluding tert-OH is 1. The van der Waals surface area contributed by atoms with Crippen LogP contribution >= 0.6 is 22.9 Å². The molecule has 2 rings (SSSR count). The Morgan fingerprint density at radius 3 is 2.61 bits per heavy atom. The van der Waals surface area contributed by atoms with Crippen molar-refractivity contribution in [1.29, 1.82) is 0 Å². The average Bonchev–Trinajstić information content (AvgIpc) is 2.83. The van der Waals surface area contributed by atoms with Crippen molar-refractivity contribution in [2.75, 3.05) is 0 Å². The standard InChI is InChI=1S/C15H23ClOS/c1-2-3-4-11-5-7-12(8-6-11)15(17)13-9-10-14(16)18-13/h9-12,15,17H,2-8H2,1H3. The SMILES string of the molecule is CCCCC1CCC(C(O)c2ccc(Cl)s2)CC1. The molecule has 0 aliphatic heterocycles. The van der Waals surface area contributed by atoms with Gasteiger partial charge in [0.1, 0.15) is 0 Å². The third-order valence-electron chi connectivity index (χ3n) is 4.19. The van der Waals surface area contributed by atoms with Crippen LogP contribution in [0.3, 0.4) is 0 Å². The molecule has 1 aromatic rings. The first-order valence-electron chi connectivity index (χ1n) is 7.14. The van der Waals surface area contributed by atoms with Crippen LogP contribution in [0.2, 0.25) is 4.34 Å². The summed E-state index contributed by atoms with van der Waals surface area (Å²) in [7, 11) is 0. The molecule has 0 amide bonds. The molecule has 1 heterocycles. The van der Waals surface area contributed by atoms with Gasteiger partial charge in [0, 0.05) is 4.88 Å². The lowest BCUT2D eigenvalue weighted by molar-refractivity contribution is 0.0748. The smallest absolute Gasteiger partial charge is 0.0932 e. The van der Waals surface area contributed by atoms with Crippen LogP contribution in [0.25, 0.3) is 0 Å². The van der Waals surface area contributed by atoms with Crippen molar-refractivity contribution in [3.63, 3.8) is 0 Å². The van der Waals surface area contributed by atoms with Crippen LogP contribution < -0.4 is 0 Å². The number of hydrogen-bond acceptors (Lipinski definition) is 2. The minimum Gasteiger partial charge on any atom is -0.387 e. The Hall–Kier alpha value is -0.0500. The molecular weight excluding hydrogens is 264 g/mol. The van der Waals surface area contributed by atoms with E-state index in [0.717, 1.165) is 15.1 Å². The van der Waals surface area contributed by atoms with Gasteiger partial charge in [-0.1, -0.05) is 50.6 Å². The highest BCUT2D eigenvalue weighted by atomic mass is 35.5. The molecule has 0 spiro atoms. The fraction of sp³-hybridized carbons (Fsp3) is 0.733. The monoisotopic (exact) mass is 286 g/mol. The molecule has 0 radical (unpaired) electrons. The molecule has 1 N–H and O–H groups in total. The number of hydrogen-bond donors (Lipinski definition) is 1. The van der Waals surface area contributed by atoms with E-state index in [-0.39, 0.29) is 6.10 Å². The van der Waals surface area contributed by atoms with Gasteiger partial charge in [-0.3, -0.25) is 0 Å². The predicted molar refractivity (Wildman–Crippen MR) is 79.3 cm³/mol. The summed E-state index contributed by atoms with van der Waals surface area (Å²) in [6.45, 7) is 2.26. The lowest BCUT2D eigenvalue weighted by Gasteiger charge is -2.31. The summed E-state index contributed by atoms with van der Waals surface area (Å²) in [6.07, 6.45) is 8.67. The quantitative estimate of drug-likeness (QED) is 0.765. The largest absolute Gasteiger partial charge is 0.387 e. The molecule has 102 valence electrons. The zero-order valence-electron chi connectivity index (χ0n) is 11.1. The van der Waals surface area contributed by atoms with Crippen molar-refractivity contribution in [1.82, 2.24) is 0 Å². The average molecular weight is 287 g/mol. The Morgan fingerprint density at radius 1 is 1.33 bits per heavy atom. The maximum atomic E-state index is 10.4. The van der Waals surface area contributed by atoms with Crippen molar-refractivity contribution in [2.45, 2.75) is 58.0 Å². The third-order valence-corrected chi connectivity index (χ3v) is 5.49. The second kappa shape index (κ2) is 6.93. The number of unbranched alkanes of at least 4 members (excludes halogenated alkanes) is 1. The van der Waals surface area contributed by atoms with Gasteiger partial charge in [0.2, 0.25) is 0 Å². The van der Waals surface area contributed by atoms with E-state index in [4.69, 9.17) is 11.6 Å². The summed E-state index contributed by atoms with van der Waals surface area (Å²) in [5, 5.41) is 10.4. The first kappa shape index (κ1) is 14.4. The van der Waals surface area contributed by atoms with E-state index in [1.54, 1.807) is 0 Å². The second-order valence-corrected chi connectivity index (χ2v) is 7.26. The van der Waals surface area contributed by atoms with Gasteiger partial charge in [0.25, 0.3) is 0 Å². The summed E-state index contributed by atoms with van der Waals surface area (Å²) in [5.41, 5.74) is 0. The maximum Gasteiger partial charge on any atom is 0.0932 e. The van der Waals surface area contributed by atoms with Crippen LogP contribution in [0.1, 0.15) is 62.9 Å². The number of thiophene rings is 1. The molecule has 0 saturated heterocycles. The fourth-order valence-corrected chi connectivity index (χ4v) is 4.15. The molecule has 1 aromatic heterocycles. The molecule has 1 aliphatic rings. The Morgan fingerprint density at radius 2 is 2.06 bits per heavy atom. The van der Waals surface area contributed by atoms with E-state index >= 15 is 0 Å². The second-order valence-electron chi connectivity index (χ2n) is 5.51. The van der Waals surface area contributed by atoms with E-state index in [0.29, 0.717) is 5.92 Å². The highest BCUT2D eigenvalue weighted by molar-refractivity contribution is 7.16. The first-order chi connectivity index (χ1) is 8.70. The zero-order chi connectivity index (χ0) is 13.0. The molecule has 1 unspecified atom stereocenters. The topological polar surface area (TPSA) is 20.2 Å². The van der Waals surface area contributed by atoms with Gasteiger partial charge >= 0.3 is 0 Å². The minimum absolute atomic E-state index is 0.297. The van der Waals surface area contributed by atoms with E-state index in [9.17, 15) is 5.11 Å². The molecule has 1 nitrogen and oxygen atoms in total. The molecule has 1 aliphatic carbocycles. The maximum absolute atomic E-state index is 10.4. The summed E-state index contributed by atoms with van der Waals surface area (Å²) < 4.78 is 0.778. The molecule has 18 heavy (non-hydrogen) atoms. The van der Waals surface area contributed by atoms with Crippen LogP contribution in [0.4, 0.5) is 0 Å². The van der Waals surface area contributed by atoms with E-state index in [1.165, 1.54) is 56.3 Å². The van der Waals surface area contributed by atoms with Gasteiger partial charge in [-0.05, 0) is 36.8 Å². The summed E-state index contributed by atoms with van der Waals surface area (Å²) in [4.78, 5) is 1.04. The Labute approximate surface area is 119 Å². The summed E-state index contributed by atoms with van der Waals surface area (Å²) in [6, 6.07) is 3.86. The Balaban J connectivity index is 1.82. The van der Waals surface area contributed by atoms with E-state index in [1.807, 2.05) is 12.1 Å². The van der Waals surface area contributed by atoms with E-state index < -0.39 is 0 Å². The minimum atomic E-state index is -0.297. The van der Waals surface area contributed by atoms with E-state index in [2.05, 4.69) is 6.92 Å². The number of halogens is 1. The van der Waals surface area contributed by atoms with Crippen LogP contribution in [0.15, 0.2) is 12.1 Å². The molecule has 0 bridgehead atoms. The molecule has 3 heteroatoms. The van der Waals surface area contributed by atoms with Gasteiger partial charge in [-0.15, -0.1) is 11.3 Å². The van der Waals surface area contributed by atoms with Gasteiger partial charge in [0.05, 0.1) is 10.4 Å². The van der Waals surface area contributed by atoms with Crippen LogP contribution in [-0.4, -0.2) is 5.11 Å². The summed E-state index contributed by atoms with van der Waals surface area (Å²) in [5.74, 6) is 1.35. The highest BCUT2D eigenvalue weighted by Gasteiger charge is 2.27. The van der Waals surface area contributed by atoms with Gasteiger partial charge in [-0.25, -0.2) is 0 Å². The van der Waals surface area contributed by atoms with Crippen molar-refractivity contribution >= 4 is 22.9 Å². The first-order valence-corrected chi connectivity index (χ1v) is 8.33. The van der Waals surface area contributed by atoms with Crippen molar-refractivity contribution < 1.29 is 5.11 Å². The Bertz CT molecular complexity index is 355. The van der Waals surface area contributed by atoms with Crippen LogP contribution in [0, 0.1) is 11.8 Å². The molecule has 1 atom stereocenters. The molecule has 0 aromatic carbocycles. The fourth-order valence-electron chi connectivity index (χ4n) is 3.00. The summed E-state index contributed by atoms with van der Waals surface area (Å²) >= 11 is 7.45. The molecular formula is C15H23ClOS. The lowest BCUT2D eigenvalue weighted by atomic mass is 9.77. The van der Waals surface area contributed by atoms with Gasteiger partial charge < -0.3 is 5.11 Å².